The fraction of sp³-hybridized carbons (Fsp3) is 0.449. The summed E-state index contributed by atoms with van der Waals surface area (Å²) in [6.07, 6.45) is -12.1. The number of carbonyl (C=O) groups is 7. The first-order chi connectivity index (χ1) is 31.2. The van der Waals surface area contributed by atoms with E-state index in [0.29, 0.717) is 5.56 Å². The Balaban J connectivity index is 1.42. The molecule has 3 aliphatic carbocycles. The van der Waals surface area contributed by atoms with E-state index in [1.165, 1.54) is 39.8 Å². The summed E-state index contributed by atoms with van der Waals surface area (Å²) in [5.74, 6) is -7.14. The van der Waals surface area contributed by atoms with Gasteiger partial charge in [0.25, 0.3) is 5.91 Å². The highest BCUT2D eigenvalue weighted by Gasteiger charge is 2.79. The Hall–Kier alpha value is -6.43. The Morgan fingerprint density at radius 3 is 1.94 bits per heavy atom. The van der Waals surface area contributed by atoms with Crippen molar-refractivity contribution in [1.29, 1.82) is 0 Å². The van der Waals surface area contributed by atoms with E-state index in [0.717, 1.165) is 21.0 Å². The van der Waals surface area contributed by atoms with E-state index >= 15 is 4.79 Å². The Labute approximate surface area is 380 Å². The molecule has 0 spiro atoms. The zero-order chi connectivity index (χ0) is 47.9. The molecular weight excluding hydrogens is 859 g/mol. The van der Waals surface area contributed by atoms with Crippen LogP contribution in [0.5, 0.6) is 0 Å². The highest BCUT2D eigenvalue weighted by atomic mass is 16.7. The third-order valence-corrected chi connectivity index (χ3v) is 13.9. The number of carbonyl (C=O) groups excluding carboxylic acids is 7. The highest BCUT2D eigenvalue weighted by molar-refractivity contribution is 5.96. The number of aliphatic hydroxyl groups excluding tert-OH is 1. The summed E-state index contributed by atoms with van der Waals surface area (Å²) in [5.41, 5.74) is -7.49. The molecule has 3 N–H and O–H groups in total. The van der Waals surface area contributed by atoms with Gasteiger partial charge in [0.05, 0.1) is 36.7 Å². The molecule has 3 fully saturated rings. The summed E-state index contributed by atoms with van der Waals surface area (Å²) in [7, 11) is 1.06. The number of ether oxygens (including phenoxy) is 7. The lowest BCUT2D eigenvalue weighted by Gasteiger charge is -2.67. The topological polar surface area (TPSA) is 237 Å². The van der Waals surface area contributed by atoms with E-state index in [-0.39, 0.29) is 35.3 Å². The third-order valence-electron chi connectivity index (χ3n) is 13.9. The molecule has 2 bridgehead atoms. The van der Waals surface area contributed by atoms with Crippen LogP contribution in [0, 0.1) is 16.7 Å². The maximum Gasteiger partial charge on any atom is 0.508 e. The number of fused-ring (bicyclic) bond motifs is 5. The second kappa shape index (κ2) is 18.1. The lowest BCUT2D eigenvalue weighted by molar-refractivity contribution is -0.346. The monoisotopic (exact) mass is 911 g/mol. The summed E-state index contributed by atoms with van der Waals surface area (Å²) in [6.45, 7) is 7.80. The molecule has 7 rings (SSSR count). The van der Waals surface area contributed by atoms with Gasteiger partial charge >= 0.3 is 30.0 Å². The van der Waals surface area contributed by atoms with Crippen molar-refractivity contribution in [3.8, 4) is 0 Å². The molecule has 1 amide bonds. The SMILES string of the molecule is COC(=O)O[C@H]1C[C@H]2OC[C@@]2(OC(C)=O)C2[C@H](OC(=O)c3ccccc3)[C@]3(O)C[C@H](OC(=O)[C@H](O)[C@H](NC(=O)c4ccccc4)c4ccccc4)C(C)=C([C@@H](OC(C)=O)C(=O)[C@@]21C)C3(C)C. The zero-order valence-corrected chi connectivity index (χ0v) is 37.5. The van der Waals surface area contributed by atoms with E-state index in [4.69, 9.17) is 33.2 Å². The summed E-state index contributed by atoms with van der Waals surface area (Å²) >= 11 is 0. The molecule has 11 atom stereocenters. The maximum atomic E-state index is 15.9. The number of rotatable bonds is 11. The van der Waals surface area contributed by atoms with Crippen LogP contribution < -0.4 is 5.32 Å². The van der Waals surface area contributed by atoms with Crippen LogP contribution in [0.1, 0.15) is 86.7 Å². The fourth-order valence-corrected chi connectivity index (χ4v) is 10.5. The van der Waals surface area contributed by atoms with Crippen molar-refractivity contribution in [3.05, 3.63) is 119 Å². The molecule has 4 aliphatic rings. The molecule has 3 aromatic rings. The van der Waals surface area contributed by atoms with Gasteiger partial charge in [-0.15, -0.1) is 0 Å². The molecule has 1 saturated heterocycles. The van der Waals surface area contributed by atoms with Crippen LogP contribution in [0.3, 0.4) is 0 Å². The molecular formula is C49H53NO16. The first-order valence-corrected chi connectivity index (χ1v) is 21.5. The molecule has 1 unspecified atom stereocenters. The van der Waals surface area contributed by atoms with E-state index in [9.17, 15) is 39.0 Å². The van der Waals surface area contributed by atoms with Crippen molar-refractivity contribution in [2.24, 2.45) is 16.7 Å². The first kappa shape index (κ1) is 47.5. The summed E-state index contributed by atoms with van der Waals surface area (Å²) in [5, 5.41) is 28.4. The van der Waals surface area contributed by atoms with E-state index < -0.39 is 119 Å². The predicted molar refractivity (Wildman–Crippen MR) is 229 cm³/mol. The van der Waals surface area contributed by atoms with Crippen molar-refractivity contribution >= 4 is 41.7 Å². The molecule has 17 heteroatoms. The standard InChI is InChI=1S/C49H53NO16/c1-26-32(63-44(57)37(53)36(29-17-11-8-12-18-29)50-42(55)30-19-13-9-14-20-30)24-49(59)41(65-43(56)31-21-15-10-16-22-31)39-47(6,40(54)38(62-27(2)51)35(26)46(49,4)5)33(64-45(58)60-7)23-34-48(39,25-61-34)66-28(3)52/h8-22,32-34,36-39,41,53,59H,23-25H2,1-7H3,(H,50,55)/t32-,33-,34+,36+,37+,38+,39?,41-,47+,48-,49+/m0/s1. The number of hydrogen-bond donors (Lipinski definition) is 3. The molecule has 3 aromatic carbocycles. The lowest BCUT2D eigenvalue weighted by atomic mass is 9.44. The van der Waals surface area contributed by atoms with Gasteiger partial charge in [-0.25, -0.2) is 14.4 Å². The molecule has 17 nitrogen and oxygen atoms in total. The van der Waals surface area contributed by atoms with Gasteiger partial charge in [-0.2, -0.15) is 0 Å². The van der Waals surface area contributed by atoms with Crippen molar-refractivity contribution in [2.45, 2.75) is 108 Å². The van der Waals surface area contributed by atoms with Crippen LogP contribution in [-0.2, 0) is 52.3 Å². The largest absolute Gasteiger partial charge is 0.508 e. The maximum absolute atomic E-state index is 15.9. The van der Waals surface area contributed by atoms with Crippen molar-refractivity contribution in [3.63, 3.8) is 0 Å². The second-order valence-electron chi connectivity index (χ2n) is 17.9. The molecule has 1 aliphatic heterocycles. The van der Waals surface area contributed by atoms with Gasteiger partial charge in [-0.1, -0.05) is 80.6 Å². The first-order valence-electron chi connectivity index (χ1n) is 21.5. The van der Waals surface area contributed by atoms with Gasteiger partial charge < -0.3 is 48.7 Å². The third kappa shape index (κ3) is 8.13. The molecule has 350 valence electrons. The van der Waals surface area contributed by atoms with Crippen LogP contribution in [0.25, 0.3) is 0 Å². The van der Waals surface area contributed by atoms with Gasteiger partial charge in [0.1, 0.15) is 30.0 Å². The van der Waals surface area contributed by atoms with Crippen molar-refractivity contribution < 1.29 is 76.9 Å². The van der Waals surface area contributed by atoms with Crippen molar-refractivity contribution in [2.75, 3.05) is 13.7 Å². The minimum absolute atomic E-state index is 0.0336. The van der Waals surface area contributed by atoms with Crippen LogP contribution in [0.4, 0.5) is 4.79 Å². The Bertz CT molecular complexity index is 2420. The normalized spacial score (nSPS) is 30.5. The summed E-state index contributed by atoms with van der Waals surface area (Å²) in [4.78, 5) is 97.6. The Morgan fingerprint density at radius 2 is 1.39 bits per heavy atom. The van der Waals surface area contributed by atoms with E-state index in [1.807, 2.05) is 0 Å². The Kier molecular flexibility index (Phi) is 13.0. The van der Waals surface area contributed by atoms with Crippen LogP contribution in [0.15, 0.2) is 102 Å². The number of esters is 4. The minimum atomic E-state index is -2.46. The number of nitrogens with one attached hydrogen (secondary N) is 1. The molecule has 66 heavy (non-hydrogen) atoms. The summed E-state index contributed by atoms with van der Waals surface area (Å²) < 4.78 is 41.3. The minimum Gasteiger partial charge on any atom is -0.456 e. The summed E-state index contributed by atoms with van der Waals surface area (Å²) in [6, 6.07) is 22.7. The Morgan fingerprint density at radius 1 is 0.803 bits per heavy atom. The fourth-order valence-electron chi connectivity index (χ4n) is 10.5. The van der Waals surface area contributed by atoms with E-state index in [2.05, 4.69) is 5.32 Å². The van der Waals surface area contributed by atoms with Gasteiger partial charge in [0.2, 0.25) is 0 Å². The predicted octanol–water partition coefficient (Wildman–Crippen LogP) is 4.53. The lowest BCUT2D eigenvalue weighted by Crippen LogP contribution is -2.82. The second-order valence-corrected chi connectivity index (χ2v) is 17.9. The van der Waals surface area contributed by atoms with Gasteiger partial charge in [0.15, 0.2) is 23.6 Å². The van der Waals surface area contributed by atoms with E-state index in [1.54, 1.807) is 78.9 Å². The number of hydrogen-bond acceptors (Lipinski definition) is 16. The number of methoxy groups -OCH3 is 1. The van der Waals surface area contributed by atoms with Crippen molar-refractivity contribution in [1.82, 2.24) is 5.32 Å². The number of ketones is 1. The molecule has 0 radical (unpaired) electrons. The quantitative estimate of drug-likeness (QED) is 0.136. The van der Waals surface area contributed by atoms with Gasteiger partial charge in [0, 0.05) is 37.7 Å². The highest BCUT2D eigenvalue weighted by Crippen LogP contribution is 2.65. The van der Waals surface area contributed by atoms with Crippen LogP contribution in [0.2, 0.25) is 0 Å². The number of benzene rings is 3. The average molecular weight is 912 g/mol. The van der Waals surface area contributed by atoms with Gasteiger partial charge in [-0.05, 0) is 54.8 Å². The number of Topliss-reactive ketones (excluding diaryl/α,β-unsaturated/α-hetero) is 1. The molecule has 2 saturated carbocycles. The van der Waals surface area contributed by atoms with Crippen LogP contribution in [-0.4, -0.2) is 113 Å². The smallest absolute Gasteiger partial charge is 0.456 e. The average Bonchev–Trinajstić information content (AvgIpc) is 3.28. The molecule has 0 aromatic heterocycles. The zero-order valence-electron chi connectivity index (χ0n) is 37.5. The number of amides is 1. The van der Waals surface area contributed by atoms with Gasteiger partial charge in [-0.3, -0.25) is 19.2 Å². The molecule has 1 heterocycles. The van der Waals surface area contributed by atoms with Crippen LogP contribution >= 0.6 is 0 Å². The number of aliphatic hydroxyl groups is 2.